The van der Waals surface area contributed by atoms with Crippen molar-refractivity contribution in [2.24, 2.45) is 0 Å². The average Bonchev–Trinajstić information content (AvgIpc) is 3.48. The first-order chi connectivity index (χ1) is 16.8. The van der Waals surface area contributed by atoms with Gasteiger partial charge in [-0.05, 0) is 43.0 Å². The number of ether oxygens (including phenoxy) is 1. The molecule has 2 aromatic rings. The number of nitrogens with one attached hydrogen (secondary N) is 1. The van der Waals surface area contributed by atoms with Crippen molar-refractivity contribution in [3.8, 4) is 5.75 Å². The Morgan fingerprint density at radius 1 is 1.20 bits per heavy atom. The lowest BCUT2D eigenvalue weighted by Gasteiger charge is -2.30. The van der Waals surface area contributed by atoms with Crippen LogP contribution in [0.3, 0.4) is 0 Å². The van der Waals surface area contributed by atoms with Crippen LogP contribution in [0.4, 0.5) is 15.6 Å². The monoisotopic (exact) mass is 517 g/mol. The van der Waals surface area contributed by atoms with E-state index in [4.69, 9.17) is 16.3 Å². The number of halogens is 1. The standard InChI is InChI=1S/C24H28ClN5O4S/c1-16(31)29-10-7-24(14-29)15-30(23(33)27-22-26-13-20(25)35-22)19-6-5-17(12-18(19)24)34-11-2-4-21(32)28-8-3-9-28/h5-6,12-13H,2-4,7-11,14-15H2,1H3,(H,26,27,33). The van der Waals surface area contributed by atoms with E-state index >= 15 is 0 Å². The summed E-state index contributed by atoms with van der Waals surface area (Å²) in [5, 5.41) is 3.27. The number of fused-ring (bicyclic) bond motifs is 2. The lowest BCUT2D eigenvalue weighted by atomic mass is 9.81. The van der Waals surface area contributed by atoms with Gasteiger partial charge < -0.3 is 14.5 Å². The predicted octanol–water partition coefficient (Wildman–Crippen LogP) is 3.73. The molecule has 1 unspecified atom stereocenters. The third-order valence-corrected chi connectivity index (χ3v) is 8.07. The molecular formula is C24H28ClN5O4S. The molecule has 0 saturated carbocycles. The van der Waals surface area contributed by atoms with Crippen molar-refractivity contribution in [3.63, 3.8) is 0 Å². The number of carbonyl (C=O) groups excluding carboxylic acids is 3. The molecule has 3 aliphatic rings. The van der Waals surface area contributed by atoms with E-state index in [1.165, 1.54) is 17.5 Å². The van der Waals surface area contributed by atoms with Crippen LogP contribution in [0, 0.1) is 0 Å². The lowest BCUT2D eigenvalue weighted by molar-refractivity contribution is -0.134. The number of carbonyl (C=O) groups is 3. The smallest absolute Gasteiger partial charge is 0.328 e. The number of urea groups is 1. The third kappa shape index (κ3) is 4.81. The molecule has 1 aromatic carbocycles. The molecule has 2 fully saturated rings. The van der Waals surface area contributed by atoms with Crippen molar-refractivity contribution < 1.29 is 19.1 Å². The number of amides is 4. The molecule has 35 heavy (non-hydrogen) atoms. The number of thiazole rings is 1. The summed E-state index contributed by atoms with van der Waals surface area (Å²) in [6.07, 6.45) is 4.49. The summed E-state index contributed by atoms with van der Waals surface area (Å²) in [6, 6.07) is 5.46. The van der Waals surface area contributed by atoms with Gasteiger partial charge in [0.15, 0.2) is 5.13 Å². The summed E-state index contributed by atoms with van der Waals surface area (Å²) in [6.45, 7) is 5.41. The van der Waals surface area contributed by atoms with E-state index in [2.05, 4.69) is 10.3 Å². The predicted molar refractivity (Wildman–Crippen MR) is 134 cm³/mol. The fraction of sp³-hybridized carbons (Fsp3) is 0.500. The van der Waals surface area contributed by atoms with Crippen LogP contribution in [-0.2, 0) is 15.0 Å². The number of nitrogens with zero attached hydrogens (tertiary/aromatic N) is 4. The second-order valence-electron chi connectivity index (χ2n) is 9.32. The highest BCUT2D eigenvalue weighted by Gasteiger charge is 2.49. The van der Waals surface area contributed by atoms with E-state index in [-0.39, 0.29) is 23.3 Å². The minimum Gasteiger partial charge on any atom is -0.494 e. The molecule has 1 atom stereocenters. The van der Waals surface area contributed by atoms with Gasteiger partial charge in [0.05, 0.1) is 12.8 Å². The van der Waals surface area contributed by atoms with Gasteiger partial charge in [0.2, 0.25) is 11.8 Å². The highest BCUT2D eigenvalue weighted by molar-refractivity contribution is 7.19. The van der Waals surface area contributed by atoms with E-state index in [9.17, 15) is 14.4 Å². The Morgan fingerprint density at radius 3 is 2.69 bits per heavy atom. The number of hydrogen-bond acceptors (Lipinski definition) is 6. The highest BCUT2D eigenvalue weighted by Crippen LogP contribution is 2.48. The summed E-state index contributed by atoms with van der Waals surface area (Å²) in [4.78, 5) is 46.9. The van der Waals surface area contributed by atoms with Crippen LogP contribution < -0.4 is 15.0 Å². The van der Waals surface area contributed by atoms with Gasteiger partial charge in [0.25, 0.3) is 0 Å². The van der Waals surface area contributed by atoms with E-state index < -0.39 is 0 Å². The number of hydrogen-bond donors (Lipinski definition) is 1. The highest BCUT2D eigenvalue weighted by atomic mass is 35.5. The molecular weight excluding hydrogens is 490 g/mol. The number of rotatable bonds is 6. The number of anilines is 2. The van der Waals surface area contributed by atoms with E-state index in [1.54, 1.807) is 11.8 Å². The fourth-order valence-corrected chi connectivity index (χ4v) is 5.82. The van der Waals surface area contributed by atoms with Crippen molar-refractivity contribution in [1.82, 2.24) is 14.8 Å². The molecule has 2 saturated heterocycles. The third-order valence-electron chi connectivity index (χ3n) is 7.04. The van der Waals surface area contributed by atoms with Crippen LogP contribution in [-0.4, -0.2) is 72.0 Å². The zero-order chi connectivity index (χ0) is 24.6. The Balaban J connectivity index is 1.31. The van der Waals surface area contributed by atoms with Crippen LogP contribution in [0.5, 0.6) is 5.75 Å². The molecule has 9 nitrogen and oxygen atoms in total. The fourth-order valence-electron chi connectivity index (χ4n) is 5.02. The van der Waals surface area contributed by atoms with Crippen molar-refractivity contribution in [1.29, 1.82) is 0 Å². The Hall–Kier alpha value is -2.85. The lowest BCUT2D eigenvalue weighted by Crippen LogP contribution is -2.42. The minimum absolute atomic E-state index is 0.0306. The minimum atomic E-state index is -0.355. The number of likely N-dealkylation sites (tertiary alicyclic amines) is 2. The van der Waals surface area contributed by atoms with E-state index in [0.29, 0.717) is 54.3 Å². The summed E-state index contributed by atoms with van der Waals surface area (Å²) in [7, 11) is 0. The molecule has 1 aromatic heterocycles. The molecule has 4 heterocycles. The van der Waals surface area contributed by atoms with Gasteiger partial charge in [-0.1, -0.05) is 22.9 Å². The zero-order valence-corrected chi connectivity index (χ0v) is 21.2. The largest absolute Gasteiger partial charge is 0.494 e. The van der Waals surface area contributed by atoms with Crippen molar-refractivity contribution in [2.45, 2.75) is 38.0 Å². The van der Waals surface area contributed by atoms with Crippen LogP contribution >= 0.6 is 22.9 Å². The normalized spacial score (nSPS) is 20.7. The molecule has 186 valence electrons. The first-order valence-electron chi connectivity index (χ1n) is 11.9. The van der Waals surface area contributed by atoms with Crippen molar-refractivity contribution >= 4 is 51.6 Å². The summed E-state index contributed by atoms with van der Waals surface area (Å²) in [5.74, 6) is 0.920. The van der Waals surface area contributed by atoms with Gasteiger partial charge in [-0.15, -0.1) is 0 Å². The Labute approximate surface area is 213 Å². The topological polar surface area (TPSA) is 95.1 Å². The Morgan fingerprint density at radius 2 is 2.03 bits per heavy atom. The molecule has 4 amide bonds. The van der Waals surface area contributed by atoms with E-state index in [1.807, 2.05) is 28.0 Å². The van der Waals surface area contributed by atoms with Gasteiger partial charge in [-0.2, -0.15) is 0 Å². The first kappa shape index (κ1) is 23.9. The number of aromatic nitrogens is 1. The average molecular weight is 518 g/mol. The molecule has 1 N–H and O–H groups in total. The Kier molecular flexibility index (Phi) is 6.59. The SMILES string of the molecule is CC(=O)N1CCC2(C1)CN(C(=O)Nc1ncc(Cl)s1)c1ccc(OCCCC(=O)N3CCC3)cc12. The van der Waals surface area contributed by atoms with Gasteiger partial charge >= 0.3 is 6.03 Å². The van der Waals surface area contributed by atoms with Crippen molar-refractivity contribution in [2.75, 3.05) is 49.5 Å². The maximum Gasteiger partial charge on any atom is 0.328 e. The molecule has 0 aliphatic carbocycles. The summed E-state index contributed by atoms with van der Waals surface area (Å²) < 4.78 is 6.49. The number of benzene rings is 1. The molecule has 3 aliphatic heterocycles. The van der Waals surface area contributed by atoms with Gasteiger partial charge in [0.1, 0.15) is 10.1 Å². The maximum absolute atomic E-state index is 13.2. The molecule has 11 heteroatoms. The van der Waals surface area contributed by atoms with Gasteiger partial charge in [-0.3, -0.25) is 19.8 Å². The maximum atomic E-state index is 13.2. The second kappa shape index (κ2) is 9.66. The van der Waals surface area contributed by atoms with E-state index in [0.717, 1.165) is 37.2 Å². The van der Waals surface area contributed by atoms with Gasteiger partial charge in [0, 0.05) is 57.2 Å². The second-order valence-corrected chi connectivity index (χ2v) is 11.0. The molecule has 1 spiro atoms. The summed E-state index contributed by atoms with van der Waals surface area (Å²) in [5.41, 5.74) is 1.45. The van der Waals surface area contributed by atoms with Crippen LogP contribution in [0.25, 0.3) is 0 Å². The van der Waals surface area contributed by atoms with Crippen LogP contribution in [0.1, 0.15) is 38.2 Å². The molecule has 0 bridgehead atoms. The van der Waals surface area contributed by atoms with Gasteiger partial charge in [-0.25, -0.2) is 9.78 Å². The Bertz CT molecular complexity index is 1150. The quantitative estimate of drug-likeness (QED) is 0.589. The van der Waals surface area contributed by atoms with Crippen molar-refractivity contribution in [3.05, 3.63) is 34.3 Å². The summed E-state index contributed by atoms with van der Waals surface area (Å²) >= 11 is 7.16. The molecule has 0 radical (unpaired) electrons. The zero-order valence-electron chi connectivity index (χ0n) is 19.6. The van der Waals surface area contributed by atoms with Crippen LogP contribution in [0.2, 0.25) is 4.34 Å². The van der Waals surface area contributed by atoms with Crippen LogP contribution in [0.15, 0.2) is 24.4 Å². The first-order valence-corrected chi connectivity index (χ1v) is 13.0. The molecule has 5 rings (SSSR count).